The van der Waals surface area contributed by atoms with E-state index in [0.29, 0.717) is 0 Å². The maximum atomic E-state index is 4.54. The Morgan fingerprint density at radius 2 is 2.00 bits per heavy atom. The number of hydrogen-bond donors (Lipinski definition) is 1. The molecule has 72 valence electrons. The van der Waals surface area contributed by atoms with Crippen molar-refractivity contribution in [2.45, 2.75) is 12.3 Å². The molecule has 1 nitrogen and oxygen atoms in total. The minimum Gasteiger partial charge on any atom is -0.294 e. The van der Waals surface area contributed by atoms with E-state index in [-0.39, 0.29) is 5.37 Å². The highest BCUT2D eigenvalue weighted by Crippen LogP contribution is 2.27. The molecule has 13 heavy (non-hydrogen) atoms. The molecule has 0 aromatic heterocycles. The maximum absolute atomic E-state index is 4.54. The van der Waals surface area contributed by atoms with Crippen LogP contribution >= 0.6 is 28.6 Å². The van der Waals surface area contributed by atoms with Crippen LogP contribution in [0.4, 0.5) is 0 Å². The van der Waals surface area contributed by atoms with Crippen LogP contribution < -0.4 is 0 Å². The summed E-state index contributed by atoms with van der Waals surface area (Å²) in [5, 5.41) is 0.164. The topological polar surface area (TPSA) is 3.24 Å². The minimum absolute atomic E-state index is 0.164. The summed E-state index contributed by atoms with van der Waals surface area (Å²) in [5.74, 6) is 0. The van der Waals surface area contributed by atoms with Gasteiger partial charge in [-0.15, -0.1) is 0 Å². The summed E-state index contributed by atoms with van der Waals surface area (Å²) in [7, 11) is 4.05. The molecule has 0 N–H and O–H groups in total. The second kappa shape index (κ2) is 4.49. The van der Waals surface area contributed by atoms with Gasteiger partial charge in [0.2, 0.25) is 0 Å². The van der Waals surface area contributed by atoms with Crippen LogP contribution in [0, 0.1) is 6.92 Å². The van der Waals surface area contributed by atoms with E-state index in [0.717, 1.165) is 4.47 Å². The molecule has 0 fully saturated rings. The average Bonchev–Trinajstić information content (AvgIpc) is 2.08. The Hall–Kier alpha value is 0.01000. The van der Waals surface area contributed by atoms with Crippen LogP contribution in [0.25, 0.3) is 0 Å². The lowest BCUT2D eigenvalue weighted by atomic mass is 10.1. The molecular weight excluding hydrogens is 246 g/mol. The van der Waals surface area contributed by atoms with Gasteiger partial charge in [0.15, 0.2) is 0 Å². The number of nitrogens with zero attached hydrogens (tertiary/aromatic N) is 1. The molecule has 0 aliphatic heterocycles. The van der Waals surface area contributed by atoms with Crippen molar-refractivity contribution in [2.24, 2.45) is 0 Å². The quantitative estimate of drug-likeness (QED) is 0.631. The van der Waals surface area contributed by atoms with Crippen molar-refractivity contribution in [3.63, 3.8) is 0 Å². The fourth-order valence-corrected chi connectivity index (χ4v) is 1.82. The molecule has 0 spiro atoms. The van der Waals surface area contributed by atoms with Crippen molar-refractivity contribution in [3.05, 3.63) is 33.8 Å². The number of halogens is 1. The third-order valence-electron chi connectivity index (χ3n) is 2.01. The van der Waals surface area contributed by atoms with Gasteiger partial charge < -0.3 is 0 Å². The fourth-order valence-electron chi connectivity index (χ4n) is 1.17. The summed E-state index contributed by atoms with van der Waals surface area (Å²) in [6.45, 7) is 2.11. The minimum atomic E-state index is 0.164. The monoisotopic (exact) mass is 259 g/mol. The highest BCUT2D eigenvalue weighted by Gasteiger charge is 2.11. The number of thiol groups is 1. The molecule has 0 aliphatic carbocycles. The zero-order valence-corrected chi connectivity index (χ0v) is 10.6. The predicted octanol–water partition coefficient (Wildman–Crippen LogP) is 3.25. The van der Waals surface area contributed by atoms with Crippen LogP contribution in [0.3, 0.4) is 0 Å². The number of rotatable bonds is 2. The summed E-state index contributed by atoms with van der Waals surface area (Å²) < 4.78 is 1.11. The Bertz CT molecular complexity index is 299. The molecule has 0 saturated carbocycles. The molecule has 0 radical (unpaired) electrons. The predicted molar refractivity (Wildman–Crippen MR) is 64.3 cm³/mol. The molecule has 0 aliphatic rings. The standard InChI is InChI=1S/C10H14BrNS/c1-7-4-5-8(11)6-9(7)10(13)12(2)3/h4-6,10,13H,1-3H3. The first-order chi connectivity index (χ1) is 6.02. The summed E-state index contributed by atoms with van der Waals surface area (Å²) in [5.41, 5.74) is 2.53. The van der Waals surface area contributed by atoms with Gasteiger partial charge in [0, 0.05) is 4.47 Å². The summed E-state index contributed by atoms with van der Waals surface area (Å²) >= 11 is 8.00. The van der Waals surface area contributed by atoms with Crippen LogP contribution in [-0.4, -0.2) is 19.0 Å². The van der Waals surface area contributed by atoms with Gasteiger partial charge in [-0.1, -0.05) is 22.0 Å². The zero-order chi connectivity index (χ0) is 10.0. The molecule has 1 atom stereocenters. The smallest absolute Gasteiger partial charge is 0.0782 e. The lowest BCUT2D eigenvalue weighted by Gasteiger charge is -2.21. The van der Waals surface area contributed by atoms with Gasteiger partial charge in [0.25, 0.3) is 0 Å². The molecule has 3 heteroatoms. The second-order valence-corrected chi connectivity index (χ2v) is 4.74. The van der Waals surface area contributed by atoms with E-state index in [1.165, 1.54) is 11.1 Å². The summed E-state index contributed by atoms with van der Waals surface area (Å²) in [6.07, 6.45) is 0. The van der Waals surface area contributed by atoms with Gasteiger partial charge in [-0.05, 0) is 44.3 Å². The Morgan fingerprint density at radius 3 is 2.54 bits per heavy atom. The molecule has 0 bridgehead atoms. The highest BCUT2D eigenvalue weighted by atomic mass is 79.9. The first kappa shape index (κ1) is 11.1. The SMILES string of the molecule is Cc1ccc(Br)cc1C(S)N(C)C. The van der Waals surface area contributed by atoms with E-state index < -0.39 is 0 Å². The van der Waals surface area contributed by atoms with E-state index in [2.05, 4.69) is 58.6 Å². The van der Waals surface area contributed by atoms with E-state index in [1.54, 1.807) is 0 Å². The van der Waals surface area contributed by atoms with E-state index in [4.69, 9.17) is 0 Å². The summed E-state index contributed by atoms with van der Waals surface area (Å²) in [6, 6.07) is 6.27. The van der Waals surface area contributed by atoms with Gasteiger partial charge in [0.1, 0.15) is 0 Å². The number of aryl methyl sites for hydroxylation is 1. The van der Waals surface area contributed by atoms with Crippen molar-refractivity contribution < 1.29 is 0 Å². The largest absolute Gasteiger partial charge is 0.294 e. The molecule has 1 aromatic carbocycles. The van der Waals surface area contributed by atoms with Crippen LogP contribution in [-0.2, 0) is 0 Å². The highest BCUT2D eigenvalue weighted by molar-refractivity contribution is 9.10. The van der Waals surface area contributed by atoms with E-state index >= 15 is 0 Å². The summed E-state index contributed by atoms with van der Waals surface area (Å²) in [4.78, 5) is 2.08. The van der Waals surface area contributed by atoms with Crippen molar-refractivity contribution in [1.29, 1.82) is 0 Å². The van der Waals surface area contributed by atoms with Gasteiger partial charge in [-0.2, -0.15) is 12.6 Å². The Kier molecular flexibility index (Phi) is 3.83. The Morgan fingerprint density at radius 1 is 1.38 bits per heavy atom. The molecule has 0 amide bonds. The van der Waals surface area contributed by atoms with Crippen molar-refractivity contribution in [1.82, 2.24) is 4.90 Å². The average molecular weight is 260 g/mol. The lowest BCUT2D eigenvalue weighted by Crippen LogP contribution is -2.15. The first-order valence-corrected chi connectivity index (χ1v) is 5.44. The van der Waals surface area contributed by atoms with Crippen LogP contribution in [0.5, 0.6) is 0 Å². The molecule has 1 unspecified atom stereocenters. The second-order valence-electron chi connectivity index (χ2n) is 3.34. The molecule has 1 aromatic rings. The van der Waals surface area contributed by atoms with Crippen LogP contribution in [0.2, 0.25) is 0 Å². The normalized spacial score (nSPS) is 13.4. The number of hydrogen-bond acceptors (Lipinski definition) is 2. The fraction of sp³-hybridized carbons (Fsp3) is 0.400. The molecule has 1 rings (SSSR count). The van der Waals surface area contributed by atoms with Crippen molar-refractivity contribution in [2.75, 3.05) is 14.1 Å². The van der Waals surface area contributed by atoms with Gasteiger partial charge in [-0.3, -0.25) is 4.90 Å². The molecule has 0 heterocycles. The Balaban J connectivity index is 3.05. The van der Waals surface area contributed by atoms with Crippen LogP contribution in [0.15, 0.2) is 22.7 Å². The van der Waals surface area contributed by atoms with Crippen molar-refractivity contribution >= 4 is 28.6 Å². The van der Waals surface area contributed by atoms with Crippen LogP contribution in [0.1, 0.15) is 16.5 Å². The van der Waals surface area contributed by atoms with E-state index in [9.17, 15) is 0 Å². The third-order valence-corrected chi connectivity index (χ3v) is 3.24. The van der Waals surface area contributed by atoms with Gasteiger partial charge in [0.05, 0.1) is 5.37 Å². The Labute approximate surface area is 93.7 Å². The van der Waals surface area contributed by atoms with E-state index in [1.807, 2.05) is 14.1 Å². The van der Waals surface area contributed by atoms with Gasteiger partial charge >= 0.3 is 0 Å². The maximum Gasteiger partial charge on any atom is 0.0782 e. The molecule has 0 saturated heterocycles. The zero-order valence-electron chi connectivity index (χ0n) is 8.08. The van der Waals surface area contributed by atoms with Gasteiger partial charge in [-0.25, -0.2) is 0 Å². The first-order valence-electron chi connectivity index (χ1n) is 4.13. The number of benzene rings is 1. The van der Waals surface area contributed by atoms with Crippen molar-refractivity contribution in [3.8, 4) is 0 Å². The lowest BCUT2D eigenvalue weighted by molar-refractivity contribution is 0.392. The molecular formula is C10H14BrNS. The third kappa shape index (κ3) is 2.73.